The number of benzene rings is 1. The first-order valence-corrected chi connectivity index (χ1v) is 16.5. The molecular weight excluding hydrogens is 472 g/mol. The number of carbonyl (C=O) groups is 1. The van der Waals surface area contributed by atoms with Crippen LogP contribution in [0.15, 0.2) is 64.8 Å². The Bertz CT molecular complexity index is 1090. The summed E-state index contributed by atoms with van der Waals surface area (Å²) < 4.78 is 12.2. The fourth-order valence-electron chi connectivity index (χ4n) is 4.30. The van der Waals surface area contributed by atoms with Crippen molar-refractivity contribution in [1.29, 1.82) is 0 Å². The molecule has 0 heterocycles. The zero-order chi connectivity index (χ0) is 27.9. The number of ether oxygens (including phenoxy) is 1. The molecule has 0 saturated heterocycles. The Hall–Kier alpha value is -2.35. The summed E-state index contributed by atoms with van der Waals surface area (Å²) in [7, 11) is -1.81. The van der Waals surface area contributed by atoms with E-state index >= 15 is 0 Å². The highest BCUT2D eigenvalue weighted by atomic mass is 28.4. The zero-order valence-electron chi connectivity index (χ0n) is 24.9. The van der Waals surface area contributed by atoms with Crippen LogP contribution in [-0.4, -0.2) is 27.0 Å². The summed E-state index contributed by atoms with van der Waals surface area (Å²) >= 11 is 0. The van der Waals surface area contributed by atoms with Gasteiger partial charge in [0.15, 0.2) is 14.4 Å². The van der Waals surface area contributed by atoms with Crippen LogP contribution in [0.1, 0.15) is 91.4 Å². The fourth-order valence-corrected chi connectivity index (χ4v) is 5.24. The van der Waals surface area contributed by atoms with Crippen LogP contribution in [0.4, 0.5) is 0 Å². The fraction of sp³-hybridized carbons (Fsp3) is 0.545. The minimum absolute atomic E-state index is 0.166. The highest BCUT2D eigenvalue weighted by Crippen LogP contribution is 2.42. The lowest BCUT2D eigenvalue weighted by atomic mass is 9.71. The van der Waals surface area contributed by atoms with Crippen molar-refractivity contribution in [1.82, 2.24) is 0 Å². The quantitative estimate of drug-likeness (QED) is 0.148. The molecule has 0 spiro atoms. The predicted molar refractivity (Wildman–Crippen MR) is 159 cm³/mol. The average Bonchev–Trinajstić information content (AvgIpc) is 2.80. The smallest absolute Gasteiger partial charge is 0.339 e. The Kier molecular flexibility index (Phi) is 10.8. The Morgan fingerprint density at radius 3 is 2.38 bits per heavy atom. The Morgan fingerprint density at radius 1 is 1.14 bits per heavy atom. The van der Waals surface area contributed by atoms with Gasteiger partial charge in [-0.15, -0.1) is 0 Å². The number of rotatable bonds is 8. The van der Waals surface area contributed by atoms with E-state index in [0.717, 1.165) is 17.6 Å². The molecule has 0 bridgehead atoms. The number of hydrogen-bond acceptors (Lipinski definition) is 3. The van der Waals surface area contributed by atoms with E-state index in [1.54, 1.807) is 12.1 Å². The number of hydrogen-bond donors (Lipinski definition) is 0. The summed E-state index contributed by atoms with van der Waals surface area (Å²) in [5, 5.41) is 0.166. The largest absolute Gasteiger partial charge is 0.441 e. The lowest BCUT2D eigenvalue weighted by molar-refractivity contribution is 0.0460. The maximum atomic E-state index is 12.9. The van der Waals surface area contributed by atoms with Gasteiger partial charge in [-0.25, -0.2) is 4.79 Å². The van der Waals surface area contributed by atoms with Gasteiger partial charge in [0.25, 0.3) is 0 Å². The Balaban J connectivity index is 2.25. The maximum Gasteiger partial charge on any atom is 0.339 e. The lowest BCUT2D eigenvalue weighted by Crippen LogP contribution is -2.40. The van der Waals surface area contributed by atoms with E-state index in [2.05, 4.69) is 72.6 Å². The first-order chi connectivity index (χ1) is 17.1. The van der Waals surface area contributed by atoms with Gasteiger partial charge in [0, 0.05) is 0 Å². The highest BCUT2D eigenvalue weighted by Gasteiger charge is 2.36. The molecule has 0 aromatic heterocycles. The van der Waals surface area contributed by atoms with E-state index in [4.69, 9.17) is 9.16 Å². The second kappa shape index (κ2) is 12.9. The van der Waals surface area contributed by atoms with Crippen molar-refractivity contribution >= 4 is 14.3 Å². The van der Waals surface area contributed by atoms with Crippen molar-refractivity contribution in [2.45, 2.75) is 105 Å². The van der Waals surface area contributed by atoms with E-state index < -0.39 is 14.4 Å². The van der Waals surface area contributed by atoms with Crippen molar-refractivity contribution in [3.05, 3.63) is 70.3 Å². The third-order valence-corrected chi connectivity index (χ3v) is 12.5. The van der Waals surface area contributed by atoms with Crippen molar-refractivity contribution < 1.29 is 14.0 Å². The third-order valence-electron chi connectivity index (χ3n) is 8.00. The van der Waals surface area contributed by atoms with Gasteiger partial charge in [-0.3, -0.25) is 0 Å². The van der Waals surface area contributed by atoms with Crippen molar-refractivity contribution in [3.63, 3.8) is 0 Å². The maximum absolute atomic E-state index is 12.9. The molecule has 0 saturated carbocycles. The summed E-state index contributed by atoms with van der Waals surface area (Å²) in [5.74, 6) is 6.10. The normalized spacial score (nSPS) is 17.7. The molecule has 3 nitrogen and oxygen atoms in total. The number of carbonyl (C=O) groups excluding carboxylic acids is 1. The van der Waals surface area contributed by atoms with Crippen LogP contribution < -0.4 is 0 Å². The van der Waals surface area contributed by atoms with Gasteiger partial charge >= 0.3 is 5.97 Å². The first kappa shape index (κ1) is 30.9. The summed E-state index contributed by atoms with van der Waals surface area (Å²) in [4.78, 5) is 12.9. The zero-order valence-corrected chi connectivity index (χ0v) is 25.9. The first-order valence-electron chi connectivity index (χ1n) is 13.6. The lowest BCUT2D eigenvalue weighted by Gasteiger charge is -2.35. The van der Waals surface area contributed by atoms with E-state index in [9.17, 15) is 4.79 Å². The summed E-state index contributed by atoms with van der Waals surface area (Å²) in [5.41, 5.74) is 5.60. The van der Waals surface area contributed by atoms with Gasteiger partial charge in [-0.05, 0) is 105 Å². The molecule has 1 aromatic rings. The van der Waals surface area contributed by atoms with Crippen LogP contribution in [0.5, 0.6) is 0 Å². The standard InChI is InChI=1S/C33H48O3Si/c1-25(22-24-35-37(9,10)32(4,5)6)18-21-30(36-31(34)28-16-12-11-13-17-28)27(3)19-20-29-26(2)15-14-23-33(29,7)8/h11-13,16-17,19,22,30H,14-15,20,23-24H2,1-10H3/b25-22-,27-19+. The van der Waals surface area contributed by atoms with Crippen LogP contribution in [0.2, 0.25) is 18.1 Å². The van der Waals surface area contributed by atoms with E-state index in [1.807, 2.05) is 38.1 Å². The molecule has 1 aliphatic rings. The van der Waals surface area contributed by atoms with Crippen LogP contribution in [0, 0.1) is 17.3 Å². The topological polar surface area (TPSA) is 35.5 Å². The van der Waals surface area contributed by atoms with E-state index in [-0.39, 0.29) is 16.4 Å². The molecule has 2 rings (SSSR count). The van der Waals surface area contributed by atoms with Crippen molar-refractivity contribution in [2.24, 2.45) is 5.41 Å². The molecule has 1 unspecified atom stereocenters. The third kappa shape index (κ3) is 9.16. The molecule has 1 aliphatic carbocycles. The van der Waals surface area contributed by atoms with Gasteiger partial charge in [-0.1, -0.05) is 76.0 Å². The second-order valence-corrected chi connectivity index (χ2v) is 17.3. The van der Waals surface area contributed by atoms with Crippen LogP contribution in [-0.2, 0) is 9.16 Å². The van der Waals surface area contributed by atoms with Gasteiger partial charge in [0.05, 0.1) is 12.2 Å². The molecule has 0 fully saturated rings. The van der Waals surface area contributed by atoms with Crippen molar-refractivity contribution in [2.75, 3.05) is 6.61 Å². The highest BCUT2D eigenvalue weighted by molar-refractivity contribution is 6.74. The minimum atomic E-state index is -1.81. The van der Waals surface area contributed by atoms with Crippen LogP contribution in [0.25, 0.3) is 0 Å². The van der Waals surface area contributed by atoms with Gasteiger partial charge in [0.2, 0.25) is 0 Å². The van der Waals surface area contributed by atoms with Gasteiger partial charge in [-0.2, -0.15) is 0 Å². The van der Waals surface area contributed by atoms with Crippen LogP contribution >= 0.6 is 0 Å². The molecule has 0 radical (unpaired) electrons. The van der Waals surface area contributed by atoms with Gasteiger partial charge < -0.3 is 9.16 Å². The van der Waals surface area contributed by atoms with Crippen molar-refractivity contribution in [3.8, 4) is 11.8 Å². The molecule has 0 aliphatic heterocycles. The second-order valence-electron chi connectivity index (χ2n) is 12.5. The summed E-state index contributed by atoms with van der Waals surface area (Å²) in [6.45, 7) is 22.7. The summed E-state index contributed by atoms with van der Waals surface area (Å²) in [6, 6.07) is 9.12. The SMILES string of the molecule is CC1=C(C/C=C(\C)C(C#C/C(C)=C\CO[Si](C)(C)C(C)(C)C)OC(=O)c2ccccc2)C(C)(C)CCC1. The number of esters is 1. The molecule has 1 atom stereocenters. The number of allylic oxidation sites excluding steroid dienone is 4. The van der Waals surface area contributed by atoms with E-state index in [0.29, 0.717) is 12.2 Å². The molecule has 37 heavy (non-hydrogen) atoms. The van der Waals surface area contributed by atoms with E-state index in [1.165, 1.54) is 30.4 Å². The molecule has 0 N–H and O–H groups in total. The average molecular weight is 521 g/mol. The molecule has 4 heteroatoms. The minimum Gasteiger partial charge on any atom is -0.441 e. The monoisotopic (exact) mass is 520 g/mol. The van der Waals surface area contributed by atoms with Gasteiger partial charge in [0.1, 0.15) is 0 Å². The Morgan fingerprint density at radius 2 is 1.78 bits per heavy atom. The molecule has 1 aromatic carbocycles. The molecule has 202 valence electrons. The molecular formula is C33H48O3Si. The summed E-state index contributed by atoms with van der Waals surface area (Å²) in [6.07, 6.45) is 8.10. The molecule has 0 amide bonds. The predicted octanol–water partition coefficient (Wildman–Crippen LogP) is 9.05. The van der Waals surface area contributed by atoms with Crippen LogP contribution in [0.3, 0.4) is 0 Å². The Labute approximate surface area is 227 Å².